The van der Waals surface area contributed by atoms with Crippen LogP contribution in [0.4, 0.5) is 10.1 Å². The second-order valence-corrected chi connectivity index (χ2v) is 9.57. The Morgan fingerprint density at radius 3 is 2.52 bits per heavy atom. The van der Waals surface area contributed by atoms with Crippen LogP contribution in [-0.4, -0.2) is 49.9 Å². The van der Waals surface area contributed by atoms with Crippen LogP contribution in [0.3, 0.4) is 0 Å². The molecular formula is C21H24FN3O5S. The summed E-state index contributed by atoms with van der Waals surface area (Å²) in [5.74, 6) is 0.0134. The molecule has 0 atom stereocenters. The molecule has 1 aliphatic carbocycles. The molecule has 0 radical (unpaired) electrons. The van der Waals surface area contributed by atoms with E-state index in [0.29, 0.717) is 24.4 Å². The van der Waals surface area contributed by atoms with E-state index in [9.17, 15) is 17.6 Å². The van der Waals surface area contributed by atoms with Gasteiger partial charge in [-0.1, -0.05) is 0 Å². The third-order valence-corrected chi connectivity index (χ3v) is 7.30. The van der Waals surface area contributed by atoms with Crippen molar-refractivity contribution in [1.29, 1.82) is 0 Å². The summed E-state index contributed by atoms with van der Waals surface area (Å²) in [4.78, 5) is 15.8. The summed E-state index contributed by atoms with van der Waals surface area (Å²) in [6.45, 7) is 0.477. The van der Waals surface area contributed by atoms with E-state index in [1.807, 2.05) is 0 Å². The lowest BCUT2D eigenvalue weighted by Crippen LogP contribution is -2.41. The molecule has 1 N–H and O–H groups in total. The number of aromatic nitrogens is 1. The van der Waals surface area contributed by atoms with Crippen LogP contribution in [0.2, 0.25) is 0 Å². The second-order valence-electron chi connectivity index (χ2n) is 7.67. The molecule has 1 aliphatic heterocycles. The molecular weight excluding hydrogens is 425 g/mol. The number of sulfonamides is 1. The topological polar surface area (TPSA) is 97.8 Å². The molecule has 2 heterocycles. The Labute approximate surface area is 180 Å². The molecule has 166 valence electrons. The van der Waals surface area contributed by atoms with Crippen molar-refractivity contribution in [2.45, 2.75) is 36.7 Å². The number of ether oxygens (including phenoxy) is 2. The quantitative estimate of drug-likeness (QED) is 0.698. The molecule has 1 saturated heterocycles. The normalized spacial score (nSPS) is 17.9. The van der Waals surface area contributed by atoms with Crippen LogP contribution < -0.4 is 14.8 Å². The first-order chi connectivity index (χ1) is 14.9. The number of rotatable bonds is 7. The summed E-state index contributed by atoms with van der Waals surface area (Å²) in [6, 6.07) is 6.86. The Morgan fingerprint density at radius 1 is 1.16 bits per heavy atom. The van der Waals surface area contributed by atoms with Gasteiger partial charge in [-0.3, -0.25) is 4.79 Å². The van der Waals surface area contributed by atoms with Crippen molar-refractivity contribution in [3.05, 3.63) is 42.3 Å². The van der Waals surface area contributed by atoms with E-state index in [4.69, 9.17) is 9.47 Å². The zero-order valence-corrected chi connectivity index (χ0v) is 17.9. The van der Waals surface area contributed by atoms with Crippen molar-refractivity contribution in [1.82, 2.24) is 9.29 Å². The molecule has 0 unspecified atom stereocenters. The van der Waals surface area contributed by atoms with Crippen LogP contribution in [-0.2, 0) is 14.8 Å². The van der Waals surface area contributed by atoms with Crippen LogP contribution in [0.1, 0.15) is 25.7 Å². The number of halogens is 1. The Balaban J connectivity index is 1.34. The number of nitrogens with one attached hydrogen (secondary N) is 1. The van der Waals surface area contributed by atoms with Gasteiger partial charge in [0.25, 0.3) is 0 Å². The fourth-order valence-corrected chi connectivity index (χ4v) is 5.10. The van der Waals surface area contributed by atoms with E-state index in [-0.39, 0.29) is 41.7 Å². The molecule has 1 aromatic heterocycles. The number of benzene rings is 1. The van der Waals surface area contributed by atoms with E-state index in [1.54, 1.807) is 18.3 Å². The van der Waals surface area contributed by atoms with Crippen LogP contribution in [0, 0.1) is 11.7 Å². The van der Waals surface area contributed by atoms with E-state index in [2.05, 4.69) is 10.3 Å². The van der Waals surface area contributed by atoms with Crippen molar-refractivity contribution in [3.63, 3.8) is 0 Å². The maximum Gasteiger partial charge on any atom is 0.246 e. The minimum atomic E-state index is -3.89. The molecule has 0 spiro atoms. The highest BCUT2D eigenvalue weighted by Crippen LogP contribution is 2.31. The van der Waals surface area contributed by atoms with E-state index >= 15 is 0 Å². The predicted octanol–water partition coefficient (Wildman–Crippen LogP) is 2.81. The number of piperidine rings is 1. The molecule has 1 aromatic carbocycles. The molecule has 1 amide bonds. The Hall–Kier alpha value is -2.72. The highest BCUT2D eigenvalue weighted by atomic mass is 32.2. The summed E-state index contributed by atoms with van der Waals surface area (Å²) >= 11 is 0. The van der Waals surface area contributed by atoms with Crippen molar-refractivity contribution in [2.24, 2.45) is 5.92 Å². The number of pyridine rings is 1. The van der Waals surface area contributed by atoms with Crippen LogP contribution in [0.15, 0.2) is 41.4 Å². The molecule has 31 heavy (non-hydrogen) atoms. The largest absolute Gasteiger partial charge is 0.495 e. The lowest BCUT2D eigenvalue weighted by atomic mass is 10.1. The third kappa shape index (κ3) is 4.96. The Bertz CT molecular complexity index is 1050. The number of anilines is 1. The summed E-state index contributed by atoms with van der Waals surface area (Å²) in [7, 11) is -2.54. The van der Waals surface area contributed by atoms with Gasteiger partial charge in [-0.05, 0) is 49.9 Å². The SMILES string of the molecule is COc1ccc(F)cc1S(=O)(=O)N1CCC(Oc2ccc(NC(=O)C3CC3)cn2)CC1. The van der Waals surface area contributed by atoms with Crippen LogP contribution in [0.5, 0.6) is 11.6 Å². The van der Waals surface area contributed by atoms with Gasteiger partial charge < -0.3 is 14.8 Å². The standard InChI is InChI=1S/C21H24FN3O5S/c1-29-18-6-4-15(22)12-19(18)31(27,28)25-10-8-17(9-11-25)30-20-7-5-16(13-23-20)24-21(26)14-2-3-14/h4-7,12-14,17H,2-3,8-11H2,1H3,(H,24,26). The maximum absolute atomic E-state index is 13.6. The predicted molar refractivity (Wildman–Crippen MR) is 111 cm³/mol. The average molecular weight is 450 g/mol. The van der Waals surface area contributed by atoms with Gasteiger partial charge in [0.1, 0.15) is 22.6 Å². The number of hydrogen-bond acceptors (Lipinski definition) is 6. The van der Waals surface area contributed by atoms with E-state index in [1.165, 1.54) is 17.5 Å². The van der Waals surface area contributed by atoms with Crippen molar-refractivity contribution in [3.8, 4) is 11.6 Å². The first kappa shape index (κ1) is 21.5. The van der Waals surface area contributed by atoms with Gasteiger partial charge in [0.15, 0.2) is 0 Å². The first-order valence-corrected chi connectivity index (χ1v) is 11.6. The first-order valence-electron chi connectivity index (χ1n) is 10.1. The van der Waals surface area contributed by atoms with Gasteiger partial charge in [-0.25, -0.2) is 17.8 Å². The monoisotopic (exact) mass is 449 g/mol. The van der Waals surface area contributed by atoms with Crippen molar-refractivity contribution >= 4 is 21.6 Å². The fourth-order valence-electron chi connectivity index (χ4n) is 3.47. The third-order valence-electron chi connectivity index (χ3n) is 5.38. The molecule has 2 aliphatic rings. The smallest absolute Gasteiger partial charge is 0.246 e. The minimum Gasteiger partial charge on any atom is -0.495 e. The maximum atomic E-state index is 13.6. The highest BCUT2D eigenvalue weighted by Gasteiger charge is 2.33. The number of methoxy groups -OCH3 is 1. The Kier molecular flexibility index (Phi) is 6.10. The molecule has 2 fully saturated rings. The molecule has 4 rings (SSSR count). The van der Waals surface area contributed by atoms with Gasteiger partial charge in [-0.2, -0.15) is 4.31 Å². The highest BCUT2D eigenvalue weighted by molar-refractivity contribution is 7.89. The molecule has 1 saturated carbocycles. The van der Waals surface area contributed by atoms with Gasteiger partial charge in [0, 0.05) is 25.1 Å². The number of nitrogens with zero attached hydrogens (tertiary/aromatic N) is 2. The van der Waals surface area contributed by atoms with Gasteiger partial charge in [-0.15, -0.1) is 0 Å². The number of carbonyl (C=O) groups is 1. The van der Waals surface area contributed by atoms with Crippen molar-refractivity contribution < 1.29 is 27.1 Å². The molecule has 8 nitrogen and oxygen atoms in total. The fraction of sp³-hybridized carbons (Fsp3) is 0.429. The van der Waals surface area contributed by atoms with Gasteiger partial charge >= 0.3 is 0 Å². The molecule has 10 heteroatoms. The van der Waals surface area contributed by atoms with Crippen LogP contribution in [0.25, 0.3) is 0 Å². The summed E-state index contributed by atoms with van der Waals surface area (Å²) in [5.41, 5.74) is 0.620. The van der Waals surface area contributed by atoms with E-state index < -0.39 is 15.8 Å². The lowest BCUT2D eigenvalue weighted by Gasteiger charge is -2.31. The molecule has 2 aromatic rings. The van der Waals surface area contributed by atoms with Gasteiger partial charge in [0.2, 0.25) is 21.8 Å². The van der Waals surface area contributed by atoms with Gasteiger partial charge in [0.05, 0.1) is 19.0 Å². The zero-order valence-electron chi connectivity index (χ0n) is 17.1. The lowest BCUT2D eigenvalue weighted by molar-refractivity contribution is -0.117. The summed E-state index contributed by atoms with van der Waals surface area (Å²) in [6.07, 6.45) is 4.16. The van der Waals surface area contributed by atoms with Crippen LogP contribution >= 0.6 is 0 Å². The molecule has 0 bridgehead atoms. The average Bonchev–Trinajstić information content (AvgIpc) is 3.61. The Morgan fingerprint density at radius 2 is 1.90 bits per heavy atom. The number of carbonyl (C=O) groups excluding carboxylic acids is 1. The zero-order chi connectivity index (χ0) is 22.0. The minimum absolute atomic E-state index is 0.0129. The summed E-state index contributed by atoms with van der Waals surface area (Å²) in [5, 5.41) is 2.82. The second kappa shape index (κ2) is 8.80. The number of amides is 1. The van der Waals surface area contributed by atoms with Crippen molar-refractivity contribution in [2.75, 3.05) is 25.5 Å². The summed E-state index contributed by atoms with van der Waals surface area (Å²) < 4.78 is 51.8. The number of hydrogen-bond donors (Lipinski definition) is 1. The van der Waals surface area contributed by atoms with E-state index in [0.717, 1.165) is 25.0 Å².